The zero-order valence-corrected chi connectivity index (χ0v) is 17.7. The molecule has 0 aliphatic heterocycles. The fourth-order valence-corrected chi connectivity index (χ4v) is 4.41. The molecule has 0 bridgehead atoms. The molecule has 154 valence electrons. The summed E-state index contributed by atoms with van der Waals surface area (Å²) in [6.07, 6.45) is 13.9. The zero-order chi connectivity index (χ0) is 20.8. The quantitative estimate of drug-likeness (QED) is 0.405. The number of carbonyl (C=O) groups excluding carboxylic acids is 2. The first-order valence-electron chi connectivity index (χ1n) is 11.4. The molecule has 2 aromatic rings. The van der Waals surface area contributed by atoms with Gasteiger partial charge in [0.15, 0.2) is 11.6 Å². The van der Waals surface area contributed by atoms with Crippen molar-refractivity contribution in [1.82, 2.24) is 0 Å². The summed E-state index contributed by atoms with van der Waals surface area (Å²) in [5.74, 6) is 0.627. The number of allylic oxidation sites excluding steroid dienone is 2. The van der Waals surface area contributed by atoms with Crippen molar-refractivity contribution in [2.24, 2.45) is 0 Å². The van der Waals surface area contributed by atoms with Crippen LogP contribution in [0.1, 0.15) is 75.3 Å². The van der Waals surface area contributed by atoms with E-state index in [0.717, 1.165) is 84.8 Å². The van der Waals surface area contributed by atoms with E-state index in [4.69, 9.17) is 0 Å². The Morgan fingerprint density at radius 2 is 0.833 bits per heavy atom. The SMILES string of the molecule is O=C1CCCCC/C1=C\c1ccc(-c2ccc(/C=C3\CCCCCC3=O)cc2)cc1. The maximum atomic E-state index is 12.2. The van der Waals surface area contributed by atoms with E-state index >= 15 is 0 Å². The minimum Gasteiger partial charge on any atom is -0.295 e. The number of carbonyl (C=O) groups is 2. The van der Waals surface area contributed by atoms with Crippen molar-refractivity contribution in [3.8, 4) is 11.1 Å². The molecule has 2 heteroatoms. The van der Waals surface area contributed by atoms with Gasteiger partial charge in [-0.15, -0.1) is 0 Å². The van der Waals surface area contributed by atoms with Crippen LogP contribution in [0.2, 0.25) is 0 Å². The molecule has 0 aromatic heterocycles. The molecule has 0 N–H and O–H groups in total. The van der Waals surface area contributed by atoms with Gasteiger partial charge >= 0.3 is 0 Å². The maximum absolute atomic E-state index is 12.2. The number of hydrogen-bond donors (Lipinski definition) is 0. The standard InChI is InChI=1S/C28H30O2/c29-27-9-5-1-3-7-25(27)19-21-11-15-23(16-12-21)24-17-13-22(14-18-24)20-26-8-4-2-6-10-28(26)30/h11-20H,1-10H2/b25-19+,26-20+. The number of hydrogen-bond acceptors (Lipinski definition) is 2. The van der Waals surface area contributed by atoms with Crippen LogP contribution in [0.4, 0.5) is 0 Å². The summed E-state index contributed by atoms with van der Waals surface area (Å²) in [7, 11) is 0. The van der Waals surface area contributed by atoms with Gasteiger partial charge in [0, 0.05) is 12.8 Å². The lowest BCUT2D eigenvalue weighted by Gasteiger charge is -2.06. The summed E-state index contributed by atoms with van der Waals surface area (Å²) in [4.78, 5) is 24.5. The third-order valence-electron chi connectivity index (χ3n) is 6.25. The second kappa shape index (κ2) is 9.84. The molecule has 2 aliphatic carbocycles. The van der Waals surface area contributed by atoms with E-state index in [2.05, 4.69) is 60.7 Å². The highest BCUT2D eigenvalue weighted by Gasteiger charge is 2.14. The molecule has 4 rings (SSSR count). The average molecular weight is 399 g/mol. The second-order valence-corrected chi connectivity index (χ2v) is 8.55. The normalized spacial score (nSPS) is 20.9. The van der Waals surface area contributed by atoms with Gasteiger partial charge in [-0.1, -0.05) is 61.4 Å². The Kier molecular flexibility index (Phi) is 6.74. The van der Waals surface area contributed by atoms with Crippen molar-refractivity contribution in [3.05, 3.63) is 70.8 Å². The molecule has 0 spiro atoms. The van der Waals surface area contributed by atoms with E-state index in [1.165, 1.54) is 0 Å². The van der Waals surface area contributed by atoms with Crippen LogP contribution in [0.5, 0.6) is 0 Å². The summed E-state index contributed by atoms with van der Waals surface area (Å²) < 4.78 is 0. The Morgan fingerprint density at radius 3 is 1.23 bits per heavy atom. The van der Waals surface area contributed by atoms with Crippen LogP contribution in [0.25, 0.3) is 23.3 Å². The fraction of sp³-hybridized carbons (Fsp3) is 0.357. The largest absolute Gasteiger partial charge is 0.295 e. The lowest BCUT2D eigenvalue weighted by Crippen LogP contribution is -1.99. The van der Waals surface area contributed by atoms with Crippen LogP contribution in [-0.4, -0.2) is 11.6 Å². The van der Waals surface area contributed by atoms with Crippen LogP contribution >= 0.6 is 0 Å². The number of benzene rings is 2. The molecule has 2 fully saturated rings. The predicted octanol–water partition coefficient (Wildman–Crippen LogP) is 7.19. The first kappa shape index (κ1) is 20.5. The predicted molar refractivity (Wildman–Crippen MR) is 124 cm³/mol. The van der Waals surface area contributed by atoms with E-state index in [9.17, 15) is 9.59 Å². The lowest BCUT2D eigenvalue weighted by molar-refractivity contribution is -0.116. The molecule has 0 radical (unpaired) electrons. The summed E-state index contributed by atoms with van der Waals surface area (Å²) in [5.41, 5.74) is 6.47. The van der Waals surface area contributed by atoms with Gasteiger partial charge in [0.05, 0.1) is 0 Å². The van der Waals surface area contributed by atoms with Gasteiger partial charge in [0.25, 0.3) is 0 Å². The minimum atomic E-state index is 0.313. The van der Waals surface area contributed by atoms with E-state index in [0.29, 0.717) is 24.4 Å². The van der Waals surface area contributed by atoms with Gasteiger partial charge in [-0.3, -0.25) is 9.59 Å². The average Bonchev–Trinajstić information content (AvgIpc) is 3.10. The fourth-order valence-electron chi connectivity index (χ4n) is 4.41. The molecule has 30 heavy (non-hydrogen) atoms. The first-order chi connectivity index (χ1) is 14.7. The van der Waals surface area contributed by atoms with Crippen LogP contribution in [0, 0.1) is 0 Å². The number of rotatable bonds is 3. The third kappa shape index (κ3) is 5.24. The highest BCUT2D eigenvalue weighted by Crippen LogP contribution is 2.26. The van der Waals surface area contributed by atoms with Crippen molar-refractivity contribution in [2.75, 3.05) is 0 Å². The summed E-state index contributed by atoms with van der Waals surface area (Å²) in [6.45, 7) is 0. The van der Waals surface area contributed by atoms with Gasteiger partial charge in [-0.05, 0) is 84.1 Å². The first-order valence-corrected chi connectivity index (χ1v) is 11.4. The monoisotopic (exact) mass is 398 g/mol. The second-order valence-electron chi connectivity index (χ2n) is 8.55. The Hall–Kier alpha value is -2.74. The van der Waals surface area contributed by atoms with Crippen LogP contribution in [0.3, 0.4) is 0 Å². The summed E-state index contributed by atoms with van der Waals surface area (Å²) in [5, 5.41) is 0. The van der Waals surface area contributed by atoms with E-state index in [-0.39, 0.29) is 0 Å². The molecule has 0 saturated heterocycles. The van der Waals surface area contributed by atoms with Crippen LogP contribution in [0.15, 0.2) is 59.7 Å². The van der Waals surface area contributed by atoms with Crippen molar-refractivity contribution in [2.45, 2.75) is 64.2 Å². The Morgan fingerprint density at radius 1 is 0.467 bits per heavy atom. The number of ketones is 2. The molecular formula is C28H30O2. The summed E-state index contributed by atoms with van der Waals surface area (Å²) in [6, 6.07) is 16.9. The maximum Gasteiger partial charge on any atom is 0.158 e. The smallest absolute Gasteiger partial charge is 0.158 e. The third-order valence-corrected chi connectivity index (χ3v) is 6.25. The lowest BCUT2D eigenvalue weighted by atomic mass is 9.98. The zero-order valence-electron chi connectivity index (χ0n) is 17.7. The molecule has 2 saturated carbocycles. The van der Waals surface area contributed by atoms with Gasteiger partial charge < -0.3 is 0 Å². The van der Waals surface area contributed by atoms with E-state index in [1.807, 2.05) is 0 Å². The molecule has 2 aromatic carbocycles. The Balaban J connectivity index is 1.48. The molecule has 0 atom stereocenters. The van der Waals surface area contributed by atoms with Crippen molar-refractivity contribution in [3.63, 3.8) is 0 Å². The van der Waals surface area contributed by atoms with Gasteiger partial charge in [0.2, 0.25) is 0 Å². The number of Topliss-reactive ketones (excluding diaryl/α,β-unsaturated/α-hetero) is 2. The van der Waals surface area contributed by atoms with Crippen molar-refractivity contribution < 1.29 is 9.59 Å². The highest BCUT2D eigenvalue weighted by molar-refractivity contribution is 6.00. The minimum absolute atomic E-state index is 0.313. The van der Waals surface area contributed by atoms with Crippen molar-refractivity contribution >= 4 is 23.7 Å². The van der Waals surface area contributed by atoms with Gasteiger partial charge in [-0.25, -0.2) is 0 Å². The Bertz CT molecular complexity index is 877. The molecule has 0 heterocycles. The summed E-state index contributed by atoms with van der Waals surface area (Å²) >= 11 is 0. The molecule has 2 aliphatic rings. The van der Waals surface area contributed by atoms with Gasteiger partial charge in [-0.2, -0.15) is 0 Å². The molecule has 0 amide bonds. The Labute approximate surface area is 179 Å². The van der Waals surface area contributed by atoms with E-state index < -0.39 is 0 Å². The van der Waals surface area contributed by atoms with Crippen LogP contribution < -0.4 is 0 Å². The topological polar surface area (TPSA) is 34.1 Å². The molecular weight excluding hydrogens is 368 g/mol. The van der Waals surface area contributed by atoms with Gasteiger partial charge in [0.1, 0.15) is 0 Å². The van der Waals surface area contributed by atoms with Crippen molar-refractivity contribution in [1.29, 1.82) is 0 Å². The van der Waals surface area contributed by atoms with Crippen LogP contribution in [-0.2, 0) is 9.59 Å². The van der Waals surface area contributed by atoms with E-state index in [1.54, 1.807) is 0 Å². The molecule has 2 nitrogen and oxygen atoms in total. The highest BCUT2D eigenvalue weighted by atomic mass is 16.1. The molecule has 0 unspecified atom stereocenters.